The number of hydrogen-bond acceptors (Lipinski definition) is 0. The summed E-state index contributed by atoms with van der Waals surface area (Å²) in [6, 6.07) is 18.8. The second-order valence-corrected chi connectivity index (χ2v) is 7.06. The van der Waals surface area contributed by atoms with Gasteiger partial charge in [0, 0.05) is 17.1 Å². The maximum absolute atomic E-state index is 2.58. The van der Waals surface area contributed by atoms with Gasteiger partial charge in [0.2, 0.25) is 0 Å². The van der Waals surface area contributed by atoms with E-state index >= 15 is 0 Å². The minimum absolute atomic E-state index is 0. The van der Waals surface area contributed by atoms with Gasteiger partial charge >= 0.3 is 0 Å². The van der Waals surface area contributed by atoms with Crippen molar-refractivity contribution >= 4 is 22.6 Å². The Balaban J connectivity index is 0.000000622. The average molecular weight is 452 g/mol. The van der Waals surface area contributed by atoms with E-state index < -0.39 is 0 Å². The number of rotatable bonds is 9. The Morgan fingerprint density at radius 1 is 0.818 bits per heavy atom. The number of hydrogen-bond donors (Lipinski definition) is 0. The first-order valence-corrected chi connectivity index (χ1v) is 9.61. The SMILES string of the molecule is CCCCCCCCCC(I)[c-]1cccc1.[Fe].[cH-]1[cH-][cH-][cH-][cH-]1. The maximum atomic E-state index is 2.58. The fourth-order valence-corrected chi connectivity index (χ4v) is 3.22. The molecule has 0 radical (unpaired) electrons. The summed E-state index contributed by atoms with van der Waals surface area (Å²) in [5.41, 5.74) is 1.51. The molecule has 0 aliphatic heterocycles. The van der Waals surface area contributed by atoms with E-state index in [0.29, 0.717) is 0 Å². The van der Waals surface area contributed by atoms with Gasteiger partial charge in [-0.1, -0.05) is 74.5 Å². The third kappa shape index (κ3) is 11.5. The van der Waals surface area contributed by atoms with Crippen LogP contribution in [0.3, 0.4) is 0 Å². The van der Waals surface area contributed by atoms with Crippen molar-refractivity contribution in [3.05, 3.63) is 60.2 Å². The summed E-state index contributed by atoms with van der Waals surface area (Å²) in [6.07, 6.45) is 11.2. The summed E-state index contributed by atoms with van der Waals surface area (Å²) in [7, 11) is 0. The molecule has 0 N–H and O–H groups in total. The Kier molecular flexibility index (Phi) is 15.8. The van der Waals surface area contributed by atoms with E-state index in [9.17, 15) is 0 Å². The molecule has 1 atom stereocenters. The molecular formula is C20H29FeI-6. The monoisotopic (exact) mass is 452 g/mol. The Morgan fingerprint density at radius 3 is 1.77 bits per heavy atom. The zero-order chi connectivity index (χ0) is 15.2. The molecule has 0 saturated heterocycles. The zero-order valence-corrected chi connectivity index (χ0v) is 16.9. The predicted molar refractivity (Wildman–Crippen MR) is 103 cm³/mol. The van der Waals surface area contributed by atoms with E-state index in [-0.39, 0.29) is 17.1 Å². The molecule has 0 bridgehead atoms. The van der Waals surface area contributed by atoms with Crippen molar-refractivity contribution in [2.75, 3.05) is 0 Å². The van der Waals surface area contributed by atoms with Crippen LogP contribution in [0.15, 0.2) is 54.6 Å². The number of alkyl halides is 1. The van der Waals surface area contributed by atoms with E-state index in [0.717, 1.165) is 3.92 Å². The van der Waals surface area contributed by atoms with Gasteiger partial charge in [0.1, 0.15) is 0 Å². The topological polar surface area (TPSA) is 0 Å². The summed E-state index contributed by atoms with van der Waals surface area (Å²) in [5, 5.41) is 0. The minimum Gasteiger partial charge on any atom is -0.748 e. The standard InChI is InChI=1S/C15H24I.C5H5.Fe/c1-2-3-4-5-6-7-8-13-15(16)14-11-9-10-12-14;1-2-4-5-3-1;/h9-12,15H,2-8,13H2,1H3;1-5H;/q-1;-5;. The molecule has 2 rings (SSSR count). The molecule has 0 saturated carbocycles. The Labute approximate surface area is 161 Å². The Morgan fingerprint density at radius 2 is 1.27 bits per heavy atom. The minimum atomic E-state index is 0. The second-order valence-electron chi connectivity index (χ2n) is 5.56. The summed E-state index contributed by atoms with van der Waals surface area (Å²) in [6.45, 7) is 2.28. The molecule has 0 aliphatic rings. The van der Waals surface area contributed by atoms with E-state index in [2.05, 4.69) is 53.8 Å². The van der Waals surface area contributed by atoms with E-state index in [4.69, 9.17) is 0 Å². The van der Waals surface area contributed by atoms with Gasteiger partial charge in [-0.05, 0) is 10.3 Å². The van der Waals surface area contributed by atoms with Crippen LogP contribution in [0.4, 0.5) is 0 Å². The molecule has 2 heteroatoms. The molecule has 0 fully saturated rings. The van der Waals surface area contributed by atoms with Crippen LogP contribution < -0.4 is 0 Å². The molecule has 0 amide bonds. The van der Waals surface area contributed by atoms with Crippen molar-refractivity contribution < 1.29 is 17.1 Å². The number of unbranched alkanes of at least 4 members (excludes halogenated alkanes) is 6. The average Bonchev–Trinajstić information content (AvgIpc) is 3.21. The molecule has 0 heterocycles. The smallest absolute Gasteiger partial charge is 0 e. The van der Waals surface area contributed by atoms with Gasteiger partial charge in [-0.2, -0.15) is 12.1 Å². The van der Waals surface area contributed by atoms with Crippen molar-refractivity contribution in [2.45, 2.75) is 62.2 Å². The van der Waals surface area contributed by atoms with Crippen LogP contribution in [0.25, 0.3) is 0 Å². The Bertz CT molecular complexity index is 374. The first kappa shape index (κ1) is 21.9. The van der Waals surface area contributed by atoms with Gasteiger partial charge in [0.05, 0.1) is 0 Å². The van der Waals surface area contributed by atoms with Crippen molar-refractivity contribution in [1.82, 2.24) is 0 Å². The van der Waals surface area contributed by atoms with Crippen molar-refractivity contribution in [2.24, 2.45) is 0 Å². The van der Waals surface area contributed by atoms with Crippen LogP contribution in [0.5, 0.6) is 0 Å². The molecule has 1 unspecified atom stereocenters. The fraction of sp³-hybridized carbons (Fsp3) is 0.500. The fourth-order valence-electron chi connectivity index (χ4n) is 2.37. The van der Waals surface area contributed by atoms with Crippen LogP contribution in [-0.4, -0.2) is 0 Å². The summed E-state index contributed by atoms with van der Waals surface area (Å²) in [4.78, 5) is 0. The molecule has 0 aromatic heterocycles. The van der Waals surface area contributed by atoms with Gasteiger partial charge in [0.25, 0.3) is 0 Å². The first-order valence-electron chi connectivity index (χ1n) is 8.37. The van der Waals surface area contributed by atoms with Crippen molar-refractivity contribution in [1.29, 1.82) is 0 Å². The first-order chi connectivity index (χ1) is 10.3. The third-order valence-electron chi connectivity index (χ3n) is 3.67. The van der Waals surface area contributed by atoms with Gasteiger partial charge < -0.3 is 30.3 Å². The number of halogens is 1. The quantitative estimate of drug-likeness (QED) is 0.122. The van der Waals surface area contributed by atoms with Gasteiger partial charge in [-0.25, -0.2) is 12.1 Å². The van der Waals surface area contributed by atoms with Gasteiger partial charge in [-0.15, -0.1) is 5.56 Å². The molecule has 2 aromatic carbocycles. The van der Waals surface area contributed by atoms with Crippen LogP contribution in [0, 0.1) is 0 Å². The molecule has 0 nitrogen and oxygen atoms in total. The zero-order valence-electron chi connectivity index (χ0n) is 13.7. The van der Waals surface area contributed by atoms with E-state index in [1.54, 1.807) is 0 Å². The van der Waals surface area contributed by atoms with Crippen LogP contribution >= 0.6 is 22.6 Å². The molecule has 0 spiro atoms. The van der Waals surface area contributed by atoms with Crippen molar-refractivity contribution in [3.8, 4) is 0 Å². The summed E-state index contributed by atoms with van der Waals surface area (Å²) >= 11 is 2.58. The maximum Gasteiger partial charge on any atom is 0 e. The van der Waals surface area contributed by atoms with E-state index in [1.165, 1.54) is 56.9 Å². The molecule has 0 aliphatic carbocycles. The molecule has 2 aromatic rings. The molecule has 130 valence electrons. The molecule has 22 heavy (non-hydrogen) atoms. The second kappa shape index (κ2) is 15.8. The van der Waals surface area contributed by atoms with Crippen LogP contribution in [0.1, 0.15) is 67.8 Å². The largest absolute Gasteiger partial charge is 0.748 e. The molecular weight excluding hydrogens is 423 g/mol. The normalized spacial score (nSPS) is 11.2. The summed E-state index contributed by atoms with van der Waals surface area (Å²) < 4.78 is 0.725. The van der Waals surface area contributed by atoms with Crippen LogP contribution in [-0.2, 0) is 17.1 Å². The van der Waals surface area contributed by atoms with E-state index in [1.807, 2.05) is 30.3 Å². The van der Waals surface area contributed by atoms with Crippen molar-refractivity contribution in [3.63, 3.8) is 0 Å². The van der Waals surface area contributed by atoms with Gasteiger partial charge in [-0.3, -0.25) is 0 Å². The summed E-state index contributed by atoms with van der Waals surface area (Å²) in [5.74, 6) is 0. The van der Waals surface area contributed by atoms with Gasteiger partial charge in [0.15, 0.2) is 0 Å². The van der Waals surface area contributed by atoms with Crippen LogP contribution in [0.2, 0.25) is 0 Å². The Hall–Kier alpha value is -0.0505. The predicted octanol–water partition coefficient (Wildman–Crippen LogP) is 7.43. The third-order valence-corrected chi connectivity index (χ3v) is 5.01.